The van der Waals surface area contributed by atoms with Crippen LogP contribution >= 0.6 is 11.8 Å². The predicted octanol–water partition coefficient (Wildman–Crippen LogP) is 1.55. The summed E-state index contributed by atoms with van der Waals surface area (Å²) in [4.78, 5) is 17.5. The van der Waals surface area contributed by atoms with Gasteiger partial charge in [0.05, 0.1) is 4.92 Å². The average Bonchev–Trinajstić information content (AvgIpc) is 2.25. The van der Waals surface area contributed by atoms with Crippen molar-refractivity contribution in [3.8, 4) is 0 Å². The van der Waals surface area contributed by atoms with Crippen LogP contribution in [-0.4, -0.2) is 33.4 Å². The molecule has 82 valence electrons. The number of nitrogens with zero attached hydrogens (tertiary/aromatic N) is 3. The van der Waals surface area contributed by atoms with Gasteiger partial charge in [0.2, 0.25) is 5.95 Å². The molecule has 0 aromatic carbocycles. The molecular weight excluding hydrogens is 216 g/mol. The van der Waals surface area contributed by atoms with Crippen LogP contribution in [0.15, 0.2) is 12.4 Å². The normalized spacial score (nSPS) is 9.93. The van der Waals surface area contributed by atoms with Gasteiger partial charge in [0, 0.05) is 6.54 Å². The first kappa shape index (κ1) is 11.7. The lowest BCUT2D eigenvalue weighted by Crippen LogP contribution is -2.06. The molecule has 0 aliphatic carbocycles. The molecule has 0 aliphatic heterocycles. The van der Waals surface area contributed by atoms with Crippen LogP contribution in [0.1, 0.15) is 6.42 Å². The molecule has 15 heavy (non-hydrogen) atoms. The van der Waals surface area contributed by atoms with E-state index in [1.165, 1.54) is 12.4 Å². The number of hydrogen-bond donors (Lipinski definition) is 1. The van der Waals surface area contributed by atoms with E-state index in [-0.39, 0.29) is 5.69 Å². The Kier molecular flexibility index (Phi) is 4.82. The lowest BCUT2D eigenvalue weighted by molar-refractivity contribution is -0.385. The van der Waals surface area contributed by atoms with Crippen LogP contribution < -0.4 is 5.32 Å². The molecule has 0 saturated carbocycles. The molecule has 0 saturated heterocycles. The number of nitro groups is 1. The van der Waals surface area contributed by atoms with Crippen molar-refractivity contribution in [1.29, 1.82) is 0 Å². The second-order valence-corrected chi connectivity index (χ2v) is 3.78. The van der Waals surface area contributed by atoms with E-state index >= 15 is 0 Å². The summed E-state index contributed by atoms with van der Waals surface area (Å²) >= 11 is 1.77. The van der Waals surface area contributed by atoms with Gasteiger partial charge in [0.25, 0.3) is 0 Å². The minimum atomic E-state index is -0.516. The van der Waals surface area contributed by atoms with Crippen LogP contribution in [0.3, 0.4) is 0 Å². The van der Waals surface area contributed by atoms with Gasteiger partial charge in [-0.15, -0.1) is 0 Å². The zero-order valence-corrected chi connectivity index (χ0v) is 9.16. The van der Waals surface area contributed by atoms with Crippen molar-refractivity contribution in [2.24, 2.45) is 0 Å². The lowest BCUT2D eigenvalue weighted by atomic mass is 10.5. The van der Waals surface area contributed by atoms with E-state index in [2.05, 4.69) is 15.3 Å². The van der Waals surface area contributed by atoms with E-state index in [0.717, 1.165) is 18.7 Å². The number of aromatic nitrogens is 2. The Labute approximate surface area is 91.7 Å². The fraction of sp³-hybridized carbons (Fsp3) is 0.500. The van der Waals surface area contributed by atoms with Crippen molar-refractivity contribution >= 4 is 23.4 Å². The standard InChI is InChI=1S/C8H12N4O2S/c1-15-4-2-3-9-8-10-5-7(6-11-8)12(13)14/h5-6H,2-4H2,1H3,(H,9,10,11). The summed E-state index contributed by atoms with van der Waals surface area (Å²) in [6, 6.07) is 0. The molecule has 1 heterocycles. The van der Waals surface area contributed by atoms with Crippen LogP contribution in [0, 0.1) is 10.1 Å². The summed E-state index contributed by atoms with van der Waals surface area (Å²) in [6.07, 6.45) is 5.46. The molecule has 6 nitrogen and oxygen atoms in total. The Morgan fingerprint density at radius 3 is 2.73 bits per heavy atom. The molecule has 0 amide bonds. The van der Waals surface area contributed by atoms with E-state index in [4.69, 9.17) is 0 Å². The zero-order valence-electron chi connectivity index (χ0n) is 8.34. The monoisotopic (exact) mass is 228 g/mol. The maximum absolute atomic E-state index is 10.3. The van der Waals surface area contributed by atoms with Gasteiger partial charge in [-0.3, -0.25) is 10.1 Å². The first-order valence-corrected chi connectivity index (χ1v) is 5.82. The van der Waals surface area contributed by atoms with E-state index < -0.39 is 4.92 Å². The van der Waals surface area contributed by atoms with Gasteiger partial charge in [0.15, 0.2) is 0 Å². The number of anilines is 1. The third kappa shape index (κ3) is 4.11. The first-order valence-electron chi connectivity index (χ1n) is 4.43. The Hall–Kier alpha value is -1.37. The molecule has 0 aliphatic rings. The summed E-state index contributed by atoms with van der Waals surface area (Å²) in [5.74, 6) is 1.50. The quantitative estimate of drug-likeness (QED) is 0.452. The summed E-state index contributed by atoms with van der Waals surface area (Å²) in [7, 11) is 0. The molecular formula is C8H12N4O2S. The Bertz CT molecular complexity index is 317. The molecule has 0 atom stereocenters. The minimum Gasteiger partial charge on any atom is -0.354 e. The second kappa shape index (κ2) is 6.18. The highest BCUT2D eigenvalue weighted by atomic mass is 32.2. The van der Waals surface area contributed by atoms with Gasteiger partial charge in [-0.05, 0) is 18.4 Å². The van der Waals surface area contributed by atoms with Crippen molar-refractivity contribution in [3.05, 3.63) is 22.5 Å². The topological polar surface area (TPSA) is 81.0 Å². The highest BCUT2D eigenvalue weighted by molar-refractivity contribution is 7.98. The van der Waals surface area contributed by atoms with Crippen LogP contribution in [-0.2, 0) is 0 Å². The van der Waals surface area contributed by atoms with E-state index in [9.17, 15) is 10.1 Å². The Morgan fingerprint density at radius 2 is 2.20 bits per heavy atom. The predicted molar refractivity (Wildman–Crippen MR) is 60.2 cm³/mol. The summed E-state index contributed by atoms with van der Waals surface area (Å²) in [6.45, 7) is 0.776. The van der Waals surface area contributed by atoms with E-state index in [0.29, 0.717) is 5.95 Å². The van der Waals surface area contributed by atoms with Crippen LogP contribution in [0.5, 0.6) is 0 Å². The summed E-state index contributed by atoms with van der Waals surface area (Å²) < 4.78 is 0. The van der Waals surface area contributed by atoms with E-state index in [1.807, 2.05) is 6.26 Å². The summed E-state index contributed by atoms with van der Waals surface area (Å²) in [5, 5.41) is 13.3. The van der Waals surface area contributed by atoms with Crippen molar-refractivity contribution in [3.63, 3.8) is 0 Å². The average molecular weight is 228 g/mol. The molecule has 0 spiro atoms. The van der Waals surface area contributed by atoms with Crippen LogP contribution in [0.2, 0.25) is 0 Å². The fourth-order valence-corrected chi connectivity index (χ4v) is 1.36. The highest BCUT2D eigenvalue weighted by Crippen LogP contribution is 2.08. The lowest BCUT2D eigenvalue weighted by Gasteiger charge is -2.02. The Morgan fingerprint density at radius 1 is 1.53 bits per heavy atom. The van der Waals surface area contributed by atoms with Gasteiger partial charge in [0.1, 0.15) is 12.4 Å². The van der Waals surface area contributed by atoms with Crippen LogP contribution in [0.25, 0.3) is 0 Å². The molecule has 1 N–H and O–H groups in total. The second-order valence-electron chi connectivity index (χ2n) is 2.80. The van der Waals surface area contributed by atoms with E-state index in [1.54, 1.807) is 11.8 Å². The van der Waals surface area contributed by atoms with Crippen molar-refractivity contribution in [2.75, 3.05) is 23.9 Å². The molecule has 0 radical (unpaired) electrons. The largest absolute Gasteiger partial charge is 0.354 e. The van der Waals surface area contributed by atoms with Crippen LogP contribution in [0.4, 0.5) is 11.6 Å². The Balaban J connectivity index is 2.39. The fourth-order valence-electron chi connectivity index (χ4n) is 0.923. The molecule has 0 unspecified atom stereocenters. The smallest absolute Gasteiger partial charge is 0.305 e. The van der Waals surface area contributed by atoms with Crippen molar-refractivity contribution < 1.29 is 4.92 Å². The number of nitrogens with one attached hydrogen (secondary N) is 1. The SMILES string of the molecule is CSCCCNc1ncc([N+](=O)[O-])cn1. The van der Waals surface area contributed by atoms with Gasteiger partial charge in [-0.1, -0.05) is 0 Å². The zero-order chi connectivity index (χ0) is 11.1. The maximum atomic E-state index is 10.3. The first-order chi connectivity index (χ1) is 7.24. The number of rotatable bonds is 6. The van der Waals surface area contributed by atoms with Gasteiger partial charge >= 0.3 is 5.69 Å². The highest BCUT2D eigenvalue weighted by Gasteiger charge is 2.05. The third-order valence-corrected chi connectivity index (χ3v) is 2.35. The number of thioether (sulfide) groups is 1. The van der Waals surface area contributed by atoms with Gasteiger partial charge < -0.3 is 5.32 Å². The number of hydrogen-bond acceptors (Lipinski definition) is 6. The third-order valence-electron chi connectivity index (χ3n) is 1.66. The molecule has 1 aromatic heterocycles. The maximum Gasteiger partial charge on any atom is 0.305 e. The van der Waals surface area contributed by atoms with Crippen molar-refractivity contribution in [1.82, 2.24) is 9.97 Å². The van der Waals surface area contributed by atoms with Gasteiger partial charge in [-0.2, -0.15) is 11.8 Å². The molecule has 0 fully saturated rings. The molecule has 0 bridgehead atoms. The molecule has 1 aromatic rings. The molecule has 7 heteroatoms. The van der Waals surface area contributed by atoms with Gasteiger partial charge in [-0.25, -0.2) is 9.97 Å². The molecule has 1 rings (SSSR count). The minimum absolute atomic E-state index is 0.0929. The summed E-state index contributed by atoms with van der Waals surface area (Å²) in [5.41, 5.74) is -0.0929. The van der Waals surface area contributed by atoms with Crippen molar-refractivity contribution in [2.45, 2.75) is 6.42 Å².